The molecule has 0 aromatic rings. The van der Waals surface area contributed by atoms with Crippen LogP contribution < -0.4 is 5.23 Å². The summed E-state index contributed by atoms with van der Waals surface area (Å²) >= 11 is 0. The highest BCUT2D eigenvalue weighted by Crippen LogP contribution is 1.33. The number of hydrogen-bond donors (Lipinski definition) is 1. The molecule has 2 nitrogen and oxygen atoms in total. The van der Waals surface area contributed by atoms with Crippen LogP contribution in [0.25, 0.3) is 0 Å². The molecule has 0 heterocycles. The van der Waals surface area contributed by atoms with E-state index in [-0.39, 0.29) is 0 Å². The van der Waals surface area contributed by atoms with Gasteiger partial charge in [-0.25, -0.2) is 0 Å². The summed E-state index contributed by atoms with van der Waals surface area (Å²) in [6, 6.07) is 0. The van der Waals surface area contributed by atoms with Crippen molar-refractivity contribution in [3.8, 4) is 0 Å². The molecule has 0 aliphatic heterocycles. The van der Waals surface area contributed by atoms with Gasteiger partial charge in [0.1, 0.15) is 0 Å². The monoisotopic (exact) mass is 70.0 g/mol. The molecule has 0 bridgehead atoms. The van der Waals surface area contributed by atoms with Crippen LogP contribution in [0.5, 0.6) is 0 Å². The Labute approximate surface area is 31.8 Å². The van der Waals surface area contributed by atoms with Gasteiger partial charge in [0.05, 0.1) is 0 Å². The molecule has 5 heavy (non-hydrogen) atoms. The van der Waals surface area contributed by atoms with E-state index in [4.69, 9.17) is 0 Å². The van der Waals surface area contributed by atoms with Crippen LogP contribution in [0.3, 0.4) is 0 Å². The lowest BCUT2D eigenvalue weighted by molar-refractivity contribution is -0.108. The van der Waals surface area contributed by atoms with Crippen molar-refractivity contribution < 1.29 is 4.79 Å². The van der Waals surface area contributed by atoms with Gasteiger partial charge in [0.2, 0.25) is 7.41 Å². The van der Waals surface area contributed by atoms with Crippen LogP contribution in [0.1, 0.15) is 0 Å². The van der Waals surface area contributed by atoms with Crippen molar-refractivity contribution in [3.05, 3.63) is 0 Å². The molecule has 0 aliphatic carbocycles. The summed E-state index contributed by atoms with van der Waals surface area (Å²) in [5, 5.41) is 2.31. The minimum absolute atomic E-state index is 0.625. The van der Waals surface area contributed by atoms with Crippen LogP contribution in [-0.4, -0.2) is 13.8 Å². The smallest absolute Gasteiger partial charge is 0.242 e. The topological polar surface area (TPSA) is 29.1 Å². The molecular weight excluding hydrogens is 64.8 g/mol. The Morgan fingerprint density at radius 3 is 2.60 bits per heavy atom. The summed E-state index contributed by atoms with van der Waals surface area (Å²) in [5.74, 6) is 0. The number of rotatable bonds is 2. The normalized spacial score (nSPS) is 5.80. The summed E-state index contributed by atoms with van der Waals surface area (Å²) in [6.07, 6.45) is 0.625. The van der Waals surface area contributed by atoms with E-state index < -0.39 is 0 Å². The van der Waals surface area contributed by atoms with E-state index in [1.54, 1.807) is 14.2 Å². The van der Waals surface area contributed by atoms with Gasteiger partial charge in [-0.05, 0) is 0 Å². The van der Waals surface area contributed by atoms with Crippen molar-refractivity contribution in [2.24, 2.45) is 0 Å². The van der Waals surface area contributed by atoms with E-state index >= 15 is 0 Å². The highest BCUT2D eigenvalue weighted by atomic mass is 16.1. The highest BCUT2D eigenvalue weighted by molar-refractivity contribution is 6.33. The molecule has 0 saturated heterocycles. The molecule has 27 valence electrons. The van der Waals surface area contributed by atoms with Gasteiger partial charge in [0, 0.05) is 0 Å². The molecule has 3 heteroatoms. The van der Waals surface area contributed by atoms with Crippen LogP contribution in [0.2, 0.25) is 6.82 Å². The van der Waals surface area contributed by atoms with Crippen LogP contribution in [0.4, 0.5) is 0 Å². The zero-order valence-corrected chi connectivity index (χ0v) is 3.06. The third-order valence-electron chi connectivity index (χ3n) is 0.235. The van der Waals surface area contributed by atoms with Gasteiger partial charge in [0.15, 0.2) is 6.41 Å². The van der Waals surface area contributed by atoms with Crippen LogP contribution in [0, 0.1) is 0 Å². The Kier molecular flexibility index (Phi) is 3.21. The third-order valence-corrected chi connectivity index (χ3v) is 0.235. The number of nitrogens with one attached hydrogen (secondary N) is 1. The Hall–Kier alpha value is -0.465. The molecule has 0 rings (SSSR count). The average Bonchev–Trinajstić information content (AvgIpc) is 1.41. The summed E-state index contributed by atoms with van der Waals surface area (Å²) in [5.41, 5.74) is 0. The van der Waals surface area contributed by atoms with Crippen LogP contribution in [0.15, 0.2) is 0 Å². The zero-order valence-electron chi connectivity index (χ0n) is 3.06. The lowest BCUT2D eigenvalue weighted by Crippen LogP contribution is -2.11. The first kappa shape index (κ1) is 4.53. The first-order valence-corrected chi connectivity index (χ1v) is 1.39. The molecule has 1 N–H and O–H groups in total. The van der Waals surface area contributed by atoms with E-state index in [0.717, 1.165) is 0 Å². The van der Waals surface area contributed by atoms with Crippen molar-refractivity contribution in [2.45, 2.75) is 6.82 Å². The predicted molar refractivity (Wildman–Crippen MR) is 20.8 cm³/mol. The van der Waals surface area contributed by atoms with Crippen molar-refractivity contribution in [1.82, 2.24) is 5.23 Å². The van der Waals surface area contributed by atoms with E-state index in [1.807, 2.05) is 0 Å². The fraction of sp³-hybridized carbons (Fsp3) is 0.500. The molecule has 1 amide bonds. The van der Waals surface area contributed by atoms with E-state index in [9.17, 15) is 4.79 Å². The largest absolute Gasteiger partial charge is 0.406 e. The summed E-state index contributed by atoms with van der Waals surface area (Å²) in [4.78, 5) is 9.26. The summed E-state index contributed by atoms with van der Waals surface area (Å²) in [6.45, 7) is 1.74. The van der Waals surface area contributed by atoms with Crippen molar-refractivity contribution in [3.63, 3.8) is 0 Å². The Morgan fingerprint density at radius 2 is 2.60 bits per heavy atom. The zero-order chi connectivity index (χ0) is 4.12. The number of carbonyl (C=O) groups excluding carboxylic acids is 1. The quantitative estimate of drug-likeness (QED) is 0.341. The molecule has 0 saturated carbocycles. The molecule has 0 aromatic heterocycles. The van der Waals surface area contributed by atoms with E-state index in [0.29, 0.717) is 6.41 Å². The fourth-order valence-corrected chi connectivity index (χ4v) is 0.0680. The summed E-state index contributed by atoms with van der Waals surface area (Å²) in [7, 11) is 1.56. The average molecular weight is 69.9 g/mol. The van der Waals surface area contributed by atoms with Gasteiger partial charge < -0.3 is 5.23 Å². The molecule has 0 spiro atoms. The second-order valence-electron chi connectivity index (χ2n) is 0.573. The minimum atomic E-state index is 0.625. The molecule has 0 aliphatic rings. The predicted octanol–water partition coefficient (Wildman–Crippen LogP) is -0.600. The summed E-state index contributed by atoms with van der Waals surface area (Å²) < 4.78 is 0. The molecule has 0 fully saturated rings. The number of amides is 1. The Balaban J connectivity index is 2.40. The lowest BCUT2D eigenvalue weighted by atomic mass is 10.0. The number of carbonyl (C=O) groups is 1. The van der Waals surface area contributed by atoms with Crippen molar-refractivity contribution in [2.75, 3.05) is 0 Å². The van der Waals surface area contributed by atoms with Gasteiger partial charge in [-0.2, -0.15) is 0 Å². The molecule has 1 radical (unpaired) electrons. The maximum Gasteiger partial charge on any atom is 0.242 e. The van der Waals surface area contributed by atoms with Crippen LogP contribution >= 0.6 is 0 Å². The molecule has 0 atom stereocenters. The lowest BCUT2D eigenvalue weighted by Gasteiger charge is -1.75. The van der Waals surface area contributed by atoms with Crippen molar-refractivity contribution in [1.29, 1.82) is 0 Å². The third kappa shape index (κ3) is 3.53. The van der Waals surface area contributed by atoms with Crippen molar-refractivity contribution >= 4 is 13.8 Å². The van der Waals surface area contributed by atoms with Gasteiger partial charge in [0.25, 0.3) is 0 Å². The number of hydrogen-bond acceptors (Lipinski definition) is 1. The van der Waals surface area contributed by atoms with Gasteiger partial charge in [-0.3, -0.25) is 4.79 Å². The second kappa shape index (κ2) is 3.53. The first-order valence-electron chi connectivity index (χ1n) is 1.39. The maximum absolute atomic E-state index is 9.26. The highest BCUT2D eigenvalue weighted by Gasteiger charge is 1.65. The van der Waals surface area contributed by atoms with Gasteiger partial charge >= 0.3 is 0 Å². The second-order valence-corrected chi connectivity index (χ2v) is 0.573. The molecular formula is C2H5BNO. The van der Waals surface area contributed by atoms with E-state index in [2.05, 4.69) is 5.23 Å². The van der Waals surface area contributed by atoms with E-state index in [1.165, 1.54) is 0 Å². The Morgan fingerprint density at radius 1 is 2.00 bits per heavy atom. The standard InChI is InChI=1S/C2H5BNO/c1-3-4-2-5/h2H,1H3,(H,4,5). The Bertz CT molecular complexity index is 30.8. The van der Waals surface area contributed by atoms with Gasteiger partial charge in [-0.15, -0.1) is 0 Å². The SMILES string of the molecule is C[B]NC=O. The van der Waals surface area contributed by atoms with Crippen LogP contribution in [-0.2, 0) is 4.79 Å². The first-order chi connectivity index (χ1) is 2.41. The minimum Gasteiger partial charge on any atom is -0.406 e. The van der Waals surface area contributed by atoms with Gasteiger partial charge in [-0.1, -0.05) is 6.82 Å². The molecule has 0 aromatic carbocycles. The molecule has 0 unspecified atom stereocenters. The maximum atomic E-state index is 9.26. The fourth-order valence-electron chi connectivity index (χ4n) is 0.0680.